The first-order chi connectivity index (χ1) is 17.0. The van der Waals surface area contributed by atoms with Gasteiger partial charge in [0.05, 0.1) is 6.33 Å². The third-order valence-corrected chi connectivity index (χ3v) is 6.93. The Labute approximate surface area is 205 Å². The quantitative estimate of drug-likeness (QED) is 0.259. The lowest BCUT2D eigenvalue weighted by Gasteiger charge is -2.11. The number of thioether (sulfide) groups is 1. The summed E-state index contributed by atoms with van der Waals surface area (Å²) in [6.07, 6.45) is 2.17. The molecule has 0 N–H and O–H groups in total. The van der Waals surface area contributed by atoms with Crippen molar-refractivity contribution in [3.8, 4) is 17.1 Å². The van der Waals surface area contributed by atoms with E-state index in [1.165, 1.54) is 14.7 Å². The minimum Gasteiger partial charge on any atom is -0.328 e. The molecule has 10 heteroatoms. The number of aryl methyl sites for hydroxylation is 3. The maximum Gasteiger partial charge on any atom is 0.332 e. The molecule has 0 spiro atoms. The van der Waals surface area contributed by atoms with Gasteiger partial charge >= 0.3 is 5.69 Å². The van der Waals surface area contributed by atoms with Crippen LogP contribution in [0.1, 0.15) is 12.0 Å². The van der Waals surface area contributed by atoms with Crippen LogP contribution >= 0.6 is 11.8 Å². The summed E-state index contributed by atoms with van der Waals surface area (Å²) in [5, 5.41) is 9.69. The number of imidazole rings is 1. The van der Waals surface area contributed by atoms with Gasteiger partial charge in [-0.05, 0) is 25.5 Å². The maximum absolute atomic E-state index is 12.9. The molecule has 2 aromatic carbocycles. The highest BCUT2D eigenvalue weighted by Crippen LogP contribution is 2.28. The van der Waals surface area contributed by atoms with E-state index in [2.05, 4.69) is 46.4 Å². The maximum atomic E-state index is 12.9. The van der Waals surface area contributed by atoms with Crippen LogP contribution in [0.2, 0.25) is 0 Å². The van der Waals surface area contributed by atoms with E-state index >= 15 is 0 Å². The lowest BCUT2D eigenvalue weighted by molar-refractivity contribution is 0.594. The molecule has 0 saturated carbocycles. The van der Waals surface area contributed by atoms with Crippen molar-refractivity contribution in [1.82, 2.24) is 33.4 Å². The second kappa shape index (κ2) is 9.38. The van der Waals surface area contributed by atoms with Crippen LogP contribution in [-0.4, -0.2) is 39.2 Å². The summed E-state index contributed by atoms with van der Waals surface area (Å²) >= 11 is 1.55. The van der Waals surface area contributed by atoms with Crippen LogP contribution in [0, 0.1) is 6.92 Å². The summed E-state index contributed by atoms with van der Waals surface area (Å²) in [7, 11) is 3.39. The lowest BCUT2D eigenvalue weighted by Crippen LogP contribution is -2.39. The van der Waals surface area contributed by atoms with Gasteiger partial charge in [-0.2, -0.15) is 0 Å². The van der Waals surface area contributed by atoms with E-state index in [0.717, 1.165) is 22.2 Å². The summed E-state index contributed by atoms with van der Waals surface area (Å²) in [6.45, 7) is 2.36. The minimum absolute atomic E-state index is 0.309. The van der Waals surface area contributed by atoms with Gasteiger partial charge in [0.1, 0.15) is 0 Å². The number of hydrogen-bond donors (Lipinski definition) is 0. The van der Waals surface area contributed by atoms with Crippen molar-refractivity contribution in [3.05, 3.63) is 87.3 Å². The normalized spacial score (nSPS) is 11.4. The van der Waals surface area contributed by atoms with E-state index in [9.17, 15) is 9.59 Å². The Morgan fingerprint density at radius 1 is 0.943 bits per heavy atom. The first-order valence-corrected chi connectivity index (χ1v) is 12.3. The molecular weight excluding hydrogens is 462 g/mol. The van der Waals surface area contributed by atoms with Crippen LogP contribution in [0.5, 0.6) is 0 Å². The Morgan fingerprint density at radius 2 is 1.69 bits per heavy atom. The molecule has 35 heavy (non-hydrogen) atoms. The summed E-state index contributed by atoms with van der Waals surface area (Å²) in [5.41, 5.74) is 3.28. The van der Waals surface area contributed by atoms with E-state index in [0.29, 0.717) is 29.9 Å². The number of hydrogen-bond acceptors (Lipinski definition) is 6. The molecule has 0 fully saturated rings. The number of aromatic nitrogens is 7. The Morgan fingerprint density at radius 3 is 2.43 bits per heavy atom. The number of rotatable bonds is 7. The van der Waals surface area contributed by atoms with Gasteiger partial charge < -0.3 is 4.57 Å². The van der Waals surface area contributed by atoms with Gasteiger partial charge in [-0.1, -0.05) is 59.8 Å². The largest absolute Gasteiger partial charge is 0.332 e. The highest BCUT2D eigenvalue weighted by Gasteiger charge is 2.17. The number of benzene rings is 2. The summed E-state index contributed by atoms with van der Waals surface area (Å²) < 4.78 is 6.40. The fourth-order valence-corrected chi connectivity index (χ4v) is 4.92. The Balaban J connectivity index is 1.40. The van der Waals surface area contributed by atoms with Gasteiger partial charge in [0.15, 0.2) is 22.1 Å². The Hall–Kier alpha value is -3.92. The van der Waals surface area contributed by atoms with Crippen molar-refractivity contribution in [2.75, 3.05) is 5.75 Å². The molecular formula is C25H25N7O2S. The molecule has 0 unspecified atom stereocenters. The van der Waals surface area contributed by atoms with Crippen molar-refractivity contribution in [2.24, 2.45) is 14.1 Å². The molecule has 9 nitrogen and oxygen atoms in total. The molecule has 3 aromatic heterocycles. The van der Waals surface area contributed by atoms with Crippen LogP contribution in [0.25, 0.3) is 28.2 Å². The molecule has 0 saturated heterocycles. The molecule has 0 radical (unpaired) electrons. The SMILES string of the molecule is Cc1ccc(-n2c(SCCCn3c(=O)c4c(ncn4C)n(C)c3=O)nnc2-c2ccccc2)cc1. The van der Waals surface area contributed by atoms with Crippen LogP contribution in [0.4, 0.5) is 0 Å². The predicted octanol–water partition coefficient (Wildman–Crippen LogP) is 3.17. The molecule has 0 amide bonds. The van der Waals surface area contributed by atoms with Crippen LogP contribution < -0.4 is 11.2 Å². The first-order valence-electron chi connectivity index (χ1n) is 11.3. The average molecular weight is 488 g/mol. The van der Waals surface area contributed by atoms with E-state index in [1.807, 2.05) is 34.9 Å². The van der Waals surface area contributed by atoms with E-state index in [1.54, 1.807) is 36.8 Å². The Bertz CT molecular complexity index is 1610. The van der Waals surface area contributed by atoms with Crippen molar-refractivity contribution in [1.29, 1.82) is 0 Å². The third-order valence-electron chi connectivity index (χ3n) is 5.92. The van der Waals surface area contributed by atoms with Gasteiger partial charge in [0.2, 0.25) is 0 Å². The van der Waals surface area contributed by atoms with Crippen molar-refractivity contribution < 1.29 is 0 Å². The molecule has 5 rings (SSSR count). The zero-order chi connectivity index (χ0) is 24.5. The monoisotopic (exact) mass is 487 g/mol. The third kappa shape index (κ3) is 4.21. The molecule has 0 aliphatic rings. The standard InChI is InChI=1S/C25H25N7O2S/c1-17-10-12-19(13-11-17)32-21(18-8-5-4-6-9-18)27-28-24(32)35-15-7-14-31-23(33)20-22(26-16-29(20)2)30(3)25(31)34/h4-6,8-13,16H,7,14-15H2,1-3H3. The van der Waals surface area contributed by atoms with E-state index in [4.69, 9.17) is 0 Å². The smallest absolute Gasteiger partial charge is 0.328 e. The molecule has 178 valence electrons. The van der Waals surface area contributed by atoms with Crippen LogP contribution in [-0.2, 0) is 20.6 Å². The van der Waals surface area contributed by atoms with Crippen molar-refractivity contribution in [3.63, 3.8) is 0 Å². The second-order valence-corrected chi connectivity index (χ2v) is 9.43. The zero-order valence-electron chi connectivity index (χ0n) is 19.8. The molecule has 5 aromatic rings. The van der Waals surface area contributed by atoms with Crippen LogP contribution in [0.15, 0.2) is 75.7 Å². The van der Waals surface area contributed by atoms with Gasteiger partial charge in [-0.25, -0.2) is 9.78 Å². The van der Waals surface area contributed by atoms with Gasteiger partial charge in [0, 0.05) is 37.6 Å². The first kappa shape index (κ1) is 22.9. The van der Waals surface area contributed by atoms with Gasteiger partial charge in [0.25, 0.3) is 5.56 Å². The predicted molar refractivity (Wildman–Crippen MR) is 137 cm³/mol. The van der Waals surface area contributed by atoms with E-state index in [-0.39, 0.29) is 11.2 Å². The average Bonchev–Trinajstić information content (AvgIpc) is 3.47. The molecule has 0 bridgehead atoms. The summed E-state index contributed by atoms with van der Waals surface area (Å²) in [5.74, 6) is 1.43. The van der Waals surface area contributed by atoms with Crippen molar-refractivity contribution in [2.45, 2.75) is 25.0 Å². The van der Waals surface area contributed by atoms with E-state index < -0.39 is 0 Å². The summed E-state index contributed by atoms with van der Waals surface area (Å²) in [4.78, 5) is 29.9. The fraction of sp³-hybridized carbons (Fsp3) is 0.240. The summed E-state index contributed by atoms with van der Waals surface area (Å²) in [6, 6.07) is 18.2. The number of fused-ring (bicyclic) bond motifs is 1. The highest BCUT2D eigenvalue weighted by molar-refractivity contribution is 7.99. The van der Waals surface area contributed by atoms with Gasteiger partial charge in [-0.3, -0.25) is 18.5 Å². The zero-order valence-corrected chi connectivity index (χ0v) is 20.6. The second-order valence-electron chi connectivity index (χ2n) is 8.37. The fourth-order valence-electron chi connectivity index (χ4n) is 4.04. The van der Waals surface area contributed by atoms with Gasteiger partial charge in [-0.15, -0.1) is 10.2 Å². The molecule has 0 aliphatic heterocycles. The molecule has 3 heterocycles. The molecule has 0 aliphatic carbocycles. The lowest BCUT2D eigenvalue weighted by atomic mass is 10.2. The molecule has 0 atom stereocenters. The van der Waals surface area contributed by atoms with Crippen LogP contribution in [0.3, 0.4) is 0 Å². The Kier molecular flexibility index (Phi) is 6.12. The highest BCUT2D eigenvalue weighted by atomic mass is 32.2. The minimum atomic E-state index is -0.361. The topological polar surface area (TPSA) is 92.5 Å². The number of nitrogens with zero attached hydrogens (tertiary/aromatic N) is 7. The van der Waals surface area contributed by atoms with Crippen molar-refractivity contribution >= 4 is 22.9 Å².